The average Bonchev–Trinajstić information content (AvgIpc) is 2.19. The molecule has 1 heterocycles. The van der Waals surface area contributed by atoms with Crippen LogP contribution in [0.15, 0.2) is 30.5 Å². The molecule has 0 fully saturated rings. The molecule has 1 aromatic carbocycles. The van der Waals surface area contributed by atoms with Crippen LogP contribution in [0.3, 0.4) is 0 Å². The maximum Gasteiger partial charge on any atom is 0.149 e. The van der Waals surface area contributed by atoms with E-state index in [4.69, 9.17) is 0 Å². The number of benzene rings is 1. The van der Waals surface area contributed by atoms with Crippen LogP contribution in [-0.2, 0) is 6.42 Å². The van der Waals surface area contributed by atoms with Crippen molar-refractivity contribution in [2.24, 2.45) is 0 Å². The Labute approximate surface area is 76.2 Å². The summed E-state index contributed by atoms with van der Waals surface area (Å²) >= 11 is 0. The smallest absolute Gasteiger partial charge is 0.149 e. The third-order valence-electron chi connectivity index (χ3n) is 2.19. The van der Waals surface area contributed by atoms with Gasteiger partial charge in [0, 0.05) is 11.6 Å². The standard InChI is InChI=1S/C11H10FN/c1-2-8-5-6-10(12)11-9(8)4-3-7-13-11/h3-7H,2H2,1H3. The first kappa shape index (κ1) is 8.17. The van der Waals surface area contributed by atoms with Crippen LogP contribution in [0.4, 0.5) is 4.39 Å². The second-order valence-corrected chi connectivity index (χ2v) is 2.96. The molecule has 0 unspecified atom stereocenters. The highest BCUT2D eigenvalue weighted by Gasteiger charge is 2.03. The molecule has 0 aliphatic rings. The lowest BCUT2D eigenvalue weighted by molar-refractivity contribution is 0.636. The first-order valence-corrected chi connectivity index (χ1v) is 4.35. The fraction of sp³-hybridized carbons (Fsp3) is 0.182. The van der Waals surface area contributed by atoms with Crippen molar-refractivity contribution in [2.45, 2.75) is 13.3 Å². The van der Waals surface area contributed by atoms with Crippen molar-refractivity contribution in [3.8, 4) is 0 Å². The predicted molar refractivity (Wildman–Crippen MR) is 51.1 cm³/mol. The summed E-state index contributed by atoms with van der Waals surface area (Å²) in [4.78, 5) is 4.01. The Bertz CT molecular complexity index is 437. The summed E-state index contributed by atoms with van der Waals surface area (Å²) in [6.07, 6.45) is 2.52. The lowest BCUT2D eigenvalue weighted by Gasteiger charge is -2.03. The van der Waals surface area contributed by atoms with E-state index >= 15 is 0 Å². The lowest BCUT2D eigenvalue weighted by atomic mass is 10.1. The minimum atomic E-state index is -0.243. The number of fused-ring (bicyclic) bond motifs is 1. The van der Waals surface area contributed by atoms with E-state index in [0.717, 1.165) is 17.4 Å². The van der Waals surface area contributed by atoms with Gasteiger partial charge in [0.25, 0.3) is 0 Å². The molecule has 0 N–H and O–H groups in total. The van der Waals surface area contributed by atoms with Crippen molar-refractivity contribution in [1.29, 1.82) is 0 Å². The second kappa shape index (κ2) is 3.13. The van der Waals surface area contributed by atoms with Gasteiger partial charge >= 0.3 is 0 Å². The van der Waals surface area contributed by atoms with Crippen molar-refractivity contribution in [3.63, 3.8) is 0 Å². The summed E-state index contributed by atoms with van der Waals surface area (Å²) in [5.41, 5.74) is 1.62. The third kappa shape index (κ3) is 1.28. The van der Waals surface area contributed by atoms with Crippen LogP contribution >= 0.6 is 0 Å². The fourth-order valence-electron chi connectivity index (χ4n) is 1.51. The summed E-state index contributed by atoms with van der Waals surface area (Å²) in [5, 5.41) is 0.921. The van der Waals surface area contributed by atoms with Gasteiger partial charge in [-0.2, -0.15) is 0 Å². The van der Waals surface area contributed by atoms with E-state index in [0.29, 0.717) is 5.52 Å². The van der Waals surface area contributed by atoms with Gasteiger partial charge in [-0.3, -0.25) is 4.98 Å². The molecule has 13 heavy (non-hydrogen) atoms. The Hall–Kier alpha value is -1.44. The summed E-state index contributed by atoms with van der Waals surface area (Å²) in [6, 6.07) is 7.04. The molecule has 0 aliphatic heterocycles. The van der Waals surface area contributed by atoms with Crippen LogP contribution in [0.1, 0.15) is 12.5 Å². The molecule has 0 spiro atoms. The Morgan fingerprint density at radius 3 is 2.92 bits per heavy atom. The van der Waals surface area contributed by atoms with Crippen LogP contribution in [-0.4, -0.2) is 4.98 Å². The van der Waals surface area contributed by atoms with Gasteiger partial charge in [0.05, 0.1) is 0 Å². The number of hydrogen-bond donors (Lipinski definition) is 0. The van der Waals surface area contributed by atoms with Gasteiger partial charge in [-0.25, -0.2) is 4.39 Å². The molecule has 0 bridgehead atoms. The monoisotopic (exact) mass is 175 g/mol. The van der Waals surface area contributed by atoms with Gasteiger partial charge in [0.15, 0.2) is 0 Å². The first-order valence-electron chi connectivity index (χ1n) is 4.35. The molecule has 2 heteroatoms. The van der Waals surface area contributed by atoms with Crippen molar-refractivity contribution in [1.82, 2.24) is 4.98 Å². The first-order chi connectivity index (χ1) is 6.33. The van der Waals surface area contributed by atoms with Crippen molar-refractivity contribution < 1.29 is 4.39 Å². The fourth-order valence-corrected chi connectivity index (χ4v) is 1.51. The SMILES string of the molecule is CCc1ccc(F)c2ncccc12. The molecular weight excluding hydrogens is 165 g/mol. The quantitative estimate of drug-likeness (QED) is 0.649. The summed E-state index contributed by atoms with van der Waals surface area (Å²) in [7, 11) is 0. The van der Waals surface area contributed by atoms with Gasteiger partial charge in [-0.1, -0.05) is 19.1 Å². The maximum absolute atomic E-state index is 13.2. The molecule has 0 atom stereocenters. The van der Waals surface area contributed by atoms with E-state index in [1.807, 2.05) is 18.2 Å². The number of pyridine rings is 1. The molecule has 1 nitrogen and oxygen atoms in total. The Kier molecular flexibility index (Phi) is 1.97. The molecule has 2 rings (SSSR count). The maximum atomic E-state index is 13.2. The van der Waals surface area contributed by atoms with Crippen LogP contribution in [0.5, 0.6) is 0 Å². The normalized spacial score (nSPS) is 10.6. The number of rotatable bonds is 1. The van der Waals surface area contributed by atoms with E-state index in [9.17, 15) is 4.39 Å². The van der Waals surface area contributed by atoms with Crippen LogP contribution in [0.25, 0.3) is 10.9 Å². The van der Waals surface area contributed by atoms with E-state index in [-0.39, 0.29) is 5.82 Å². The zero-order valence-corrected chi connectivity index (χ0v) is 7.42. The lowest BCUT2D eigenvalue weighted by Crippen LogP contribution is -1.88. The van der Waals surface area contributed by atoms with Gasteiger partial charge in [0.2, 0.25) is 0 Å². The van der Waals surface area contributed by atoms with Gasteiger partial charge in [-0.05, 0) is 24.1 Å². The zero-order valence-electron chi connectivity index (χ0n) is 7.42. The van der Waals surface area contributed by atoms with Crippen LogP contribution < -0.4 is 0 Å². The Balaban J connectivity index is 2.84. The van der Waals surface area contributed by atoms with Crippen LogP contribution in [0.2, 0.25) is 0 Å². The Morgan fingerprint density at radius 1 is 1.31 bits per heavy atom. The third-order valence-corrected chi connectivity index (χ3v) is 2.19. The van der Waals surface area contributed by atoms with Gasteiger partial charge in [-0.15, -0.1) is 0 Å². The molecule has 0 aliphatic carbocycles. The minimum Gasteiger partial charge on any atom is -0.253 e. The highest BCUT2D eigenvalue weighted by Crippen LogP contribution is 2.19. The highest BCUT2D eigenvalue weighted by atomic mass is 19.1. The number of hydrogen-bond acceptors (Lipinski definition) is 1. The number of aryl methyl sites for hydroxylation is 1. The minimum absolute atomic E-state index is 0.243. The summed E-state index contributed by atoms with van der Waals surface area (Å²) in [5.74, 6) is -0.243. The van der Waals surface area contributed by atoms with Crippen LogP contribution in [0, 0.1) is 5.82 Å². The predicted octanol–water partition coefficient (Wildman–Crippen LogP) is 2.94. The molecular formula is C11H10FN. The zero-order chi connectivity index (χ0) is 9.26. The van der Waals surface area contributed by atoms with E-state index in [1.54, 1.807) is 6.20 Å². The van der Waals surface area contributed by atoms with Gasteiger partial charge in [0.1, 0.15) is 11.3 Å². The molecule has 0 amide bonds. The highest BCUT2D eigenvalue weighted by molar-refractivity contribution is 5.82. The Morgan fingerprint density at radius 2 is 2.15 bits per heavy atom. The largest absolute Gasteiger partial charge is 0.253 e. The average molecular weight is 175 g/mol. The number of aromatic nitrogens is 1. The number of halogens is 1. The van der Waals surface area contributed by atoms with Gasteiger partial charge < -0.3 is 0 Å². The molecule has 1 aromatic heterocycles. The van der Waals surface area contributed by atoms with Crippen molar-refractivity contribution >= 4 is 10.9 Å². The van der Waals surface area contributed by atoms with Crippen molar-refractivity contribution in [2.75, 3.05) is 0 Å². The van der Waals surface area contributed by atoms with E-state index < -0.39 is 0 Å². The molecule has 0 saturated carbocycles. The van der Waals surface area contributed by atoms with Crippen molar-refractivity contribution in [3.05, 3.63) is 41.8 Å². The second-order valence-electron chi connectivity index (χ2n) is 2.96. The molecule has 0 saturated heterocycles. The number of nitrogens with zero attached hydrogens (tertiary/aromatic N) is 1. The topological polar surface area (TPSA) is 12.9 Å². The summed E-state index contributed by atoms with van der Waals surface area (Å²) < 4.78 is 13.2. The molecule has 0 radical (unpaired) electrons. The molecule has 2 aromatic rings. The molecule has 66 valence electrons. The summed E-state index contributed by atoms with van der Waals surface area (Å²) in [6.45, 7) is 2.06. The van der Waals surface area contributed by atoms with E-state index in [2.05, 4.69) is 11.9 Å². The van der Waals surface area contributed by atoms with E-state index in [1.165, 1.54) is 6.07 Å².